The zero-order valence-corrected chi connectivity index (χ0v) is 20.2. The largest absolute Gasteiger partial charge is 0.393 e. The number of amides is 1. The molecule has 5 heteroatoms. The third-order valence-electron chi connectivity index (χ3n) is 9.64. The first-order valence-corrected chi connectivity index (χ1v) is 12.9. The molecule has 1 amide bonds. The summed E-state index contributed by atoms with van der Waals surface area (Å²) in [5.74, 6) is 0.707. The number of hydrogen-bond acceptors (Lipinski definition) is 3. The third kappa shape index (κ3) is 3.86. The van der Waals surface area contributed by atoms with E-state index in [1.165, 1.54) is 6.07 Å². The summed E-state index contributed by atoms with van der Waals surface area (Å²) >= 11 is 0. The number of nitrogens with one attached hydrogen (secondary N) is 1. The molecule has 3 fully saturated rings. The van der Waals surface area contributed by atoms with Crippen molar-refractivity contribution in [3.05, 3.63) is 59.4 Å². The van der Waals surface area contributed by atoms with E-state index >= 15 is 0 Å². The van der Waals surface area contributed by atoms with Gasteiger partial charge in [0.25, 0.3) is 0 Å². The molecule has 5 rings (SSSR count). The zero-order valence-electron chi connectivity index (χ0n) is 20.2. The minimum Gasteiger partial charge on any atom is -0.393 e. The van der Waals surface area contributed by atoms with E-state index in [0.717, 1.165) is 49.7 Å². The summed E-state index contributed by atoms with van der Waals surface area (Å²) in [6, 6.07) is 6.62. The number of fused-ring (bicyclic) bond motifs is 5. The lowest BCUT2D eigenvalue weighted by atomic mass is 9.47. The van der Waals surface area contributed by atoms with Crippen LogP contribution in [-0.4, -0.2) is 29.4 Å². The molecule has 1 aromatic rings. The molecule has 1 aromatic carbocycles. The summed E-state index contributed by atoms with van der Waals surface area (Å²) in [5, 5.41) is 14.6. The molecule has 3 saturated carbocycles. The molecule has 34 heavy (non-hydrogen) atoms. The molecule has 0 bridgehead atoms. The van der Waals surface area contributed by atoms with Crippen LogP contribution in [0.15, 0.2) is 48.1 Å². The standard InChI is InChI=1S/C29H36FNO3/c1-28-13-12-21(32)16-19(28)8-9-22-23-10-11-24(29(23,2)17-25(33)26(22)28)27(34)31-14-4-6-18-5-3-7-20(30)15-18/h3,5,7,12-13,15-16,22-26,33H,4,6,8-11,14,17H2,1-2H3,(H,31,34). The average molecular weight is 466 g/mol. The van der Waals surface area contributed by atoms with Gasteiger partial charge in [-0.3, -0.25) is 9.59 Å². The molecule has 4 nitrogen and oxygen atoms in total. The number of hydrogen-bond donors (Lipinski definition) is 2. The molecule has 0 heterocycles. The molecule has 0 radical (unpaired) electrons. The van der Waals surface area contributed by atoms with E-state index in [9.17, 15) is 19.1 Å². The minimum absolute atomic E-state index is 0.0519. The Morgan fingerprint density at radius 2 is 2.06 bits per heavy atom. The van der Waals surface area contributed by atoms with Gasteiger partial charge in [0.05, 0.1) is 6.10 Å². The molecule has 0 aromatic heterocycles. The maximum absolute atomic E-state index is 13.4. The third-order valence-corrected chi connectivity index (χ3v) is 9.64. The second kappa shape index (κ2) is 8.75. The Kier molecular flexibility index (Phi) is 6.04. The fourth-order valence-electron chi connectivity index (χ4n) is 8.08. The summed E-state index contributed by atoms with van der Waals surface area (Å²) in [6.07, 6.45) is 10.9. The Balaban J connectivity index is 1.25. The van der Waals surface area contributed by atoms with Crippen molar-refractivity contribution in [1.82, 2.24) is 5.32 Å². The number of allylic oxidation sites excluding steroid dienone is 4. The van der Waals surface area contributed by atoms with Gasteiger partial charge < -0.3 is 10.4 Å². The number of aliphatic hydroxyl groups excluding tert-OH is 1. The van der Waals surface area contributed by atoms with Crippen LogP contribution in [0.3, 0.4) is 0 Å². The number of aryl methyl sites for hydroxylation is 1. The Hall–Kier alpha value is -2.27. The van der Waals surface area contributed by atoms with Gasteiger partial charge in [-0.1, -0.05) is 37.6 Å². The summed E-state index contributed by atoms with van der Waals surface area (Å²) in [4.78, 5) is 25.2. The molecular formula is C29H36FNO3. The molecule has 0 spiro atoms. The van der Waals surface area contributed by atoms with Gasteiger partial charge in [-0.2, -0.15) is 0 Å². The monoisotopic (exact) mass is 465 g/mol. The lowest BCUT2D eigenvalue weighted by Crippen LogP contribution is -2.57. The van der Waals surface area contributed by atoms with Gasteiger partial charge in [0.15, 0.2) is 5.78 Å². The molecule has 4 aliphatic carbocycles. The SMILES string of the molecule is CC12C=CC(=O)C=C1CCC1C2C(O)CC2(C)C(C(=O)NCCCc3cccc(F)c3)CCC12. The molecular weight excluding hydrogens is 429 g/mol. The fourth-order valence-corrected chi connectivity index (χ4v) is 8.08. The van der Waals surface area contributed by atoms with Crippen LogP contribution in [0.1, 0.15) is 57.9 Å². The Morgan fingerprint density at radius 3 is 2.85 bits per heavy atom. The number of ketones is 1. The lowest BCUT2D eigenvalue weighted by molar-refractivity contribution is -0.140. The van der Waals surface area contributed by atoms with Crippen LogP contribution in [-0.2, 0) is 16.0 Å². The predicted molar refractivity (Wildman–Crippen MR) is 129 cm³/mol. The van der Waals surface area contributed by atoms with Crippen LogP contribution in [0.25, 0.3) is 0 Å². The Morgan fingerprint density at radius 1 is 1.24 bits per heavy atom. The van der Waals surface area contributed by atoms with Crippen LogP contribution in [0.2, 0.25) is 0 Å². The number of carbonyl (C=O) groups is 2. The summed E-state index contributed by atoms with van der Waals surface area (Å²) in [5.41, 5.74) is 1.63. The molecule has 0 saturated heterocycles. The molecule has 0 aliphatic heterocycles. The first kappa shape index (κ1) is 23.5. The molecule has 4 aliphatic rings. The number of benzene rings is 1. The van der Waals surface area contributed by atoms with Crippen molar-refractivity contribution in [2.75, 3.05) is 6.54 Å². The summed E-state index contributed by atoms with van der Waals surface area (Å²) in [7, 11) is 0. The fraction of sp³-hybridized carbons (Fsp3) is 0.586. The van der Waals surface area contributed by atoms with Gasteiger partial charge in [0.1, 0.15) is 5.82 Å². The zero-order chi connectivity index (χ0) is 24.1. The highest BCUT2D eigenvalue weighted by atomic mass is 19.1. The van der Waals surface area contributed by atoms with Crippen LogP contribution < -0.4 is 5.32 Å². The maximum atomic E-state index is 13.4. The summed E-state index contributed by atoms with van der Waals surface area (Å²) < 4.78 is 13.4. The highest BCUT2D eigenvalue weighted by molar-refractivity contribution is 6.01. The second-order valence-electron chi connectivity index (χ2n) is 11.5. The van der Waals surface area contributed by atoms with Crippen LogP contribution in [0, 0.1) is 40.3 Å². The quantitative estimate of drug-likeness (QED) is 0.616. The smallest absolute Gasteiger partial charge is 0.223 e. The first-order chi connectivity index (χ1) is 16.2. The second-order valence-corrected chi connectivity index (χ2v) is 11.5. The summed E-state index contributed by atoms with van der Waals surface area (Å²) in [6.45, 7) is 4.98. The van der Waals surface area contributed by atoms with Crippen LogP contribution in [0.4, 0.5) is 4.39 Å². The van der Waals surface area contributed by atoms with Crippen molar-refractivity contribution in [2.24, 2.45) is 34.5 Å². The normalized spacial score (nSPS) is 38.5. The van der Waals surface area contributed by atoms with Crippen molar-refractivity contribution in [1.29, 1.82) is 0 Å². The lowest BCUT2D eigenvalue weighted by Gasteiger charge is -2.58. The van der Waals surface area contributed by atoms with Gasteiger partial charge in [-0.25, -0.2) is 4.39 Å². The highest BCUT2D eigenvalue weighted by Gasteiger charge is 2.62. The van der Waals surface area contributed by atoms with Gasteiger partial charge in [0.2, 0.25) is 5.91 Å². The molecule has 7 unspecified atom stereocenters. The van der Waals surface area contributed by atoms with Gasteiger partial charge >= 0.3 is 0 Å². The number of aliphatic hydroxyl groups is 1. The van der Waals surface area contributed by atoms with Crippen LogP contribution >= 0.6 is 0 Å². The Bertz CT molecular complexity index is 1050. The van der Waals surface area contributed by atoms with E-state index in [0.29, 0.717) is 24.8 Å². The average Bonchev–Trinajstić information content (AvgIpc) is 3.13. The first-order valence-electron chi connectivity index (χ1n) is 12.9. The number of halogens is 1. The van der Waals surface area contributed by atoms with Gasteiger partial charge in [-0.05, 0) is 92.0 Å². The maximum Gasteiger partial charge on any atom is 0.223 e. The minimum atomic E-state index is -0.487. The molecule has 7 atom stereocenters. The van der Waals surface area contributed by atoms with Crippen molar-refractivity contribution in [3.63, 3.8) is 0 Å². The number of carbonyl (C=O) groups excluding carboxylic acids is 2. The van der Waals surface area contributed by atoms with E-state index in [1.54, 1.807) is 24.3 Å². The van der Waals surface area contributed by atoms with Gasteiger partial charge in [0, 0.05) is 23.8 Å². The topological polar surface area (TPSA) is 66.4 Å². The van der Waals surface area contributed by atoms with E-state index < -0.39 is 6.10 Å². The van der Waals surface area contributed by atoms with Crippen molar-refractivity contribution < 1.29 is 19.1 Å². The number of rotatable bonds is 5. The van der Waals surface area contributed by atoms with E-state index in [-0.39, 0.29) is 40.2 Å². The molecule has 182 valence electrons. The Labute approximate surface area is 201 Å². The van der Waals surface area contributed by atoms with Crippen LogP contribution in [0.5, 0.6) is 0 Å². The van der Waals surface area contributed by atoms with Gasteiger partial charge in [-0.15, -0.1) is 0 Å². The van der Waals surface area contributed by atoms with E-state index in [4.69, 9.17) is 0 Å². The van der Waals surface area contributed by atoms with Crippen molar-refractivity contribution >= 4 is 11.7 Å². The van der Waals surface area contributed by atoms with Crippen molar-refractivity contribution in [3.8, 4) is 0 Å². The molecule has 2 N–H and O–H groups in total. The van der Waals surface area contributed by atoms with Crippen molar-refractivity contribution in [2.45, 2.75) is 64.9 Å². The highest BCUT2D eigenvalue weighted by Crippen LogP contribution is 2.65. The predicted octanol–water partition coefficient (Wildman–Crippen LogP) is 4.77. The van der Waals surface area contributed by atoms with E-state index in [1.807, 2.05) is 12.1 Å². The van der Waals surface area contributed by atoms with E-state index in [2.05, 4.69) is 19.2 Å².